The Kier molecular flexibility index (Phi) is 5.80. The van der Waals surface area contributed by atoms with E-state index in [1.165, 1.54) is 0 Å². The van der Waals surface area contributed by atoms with Crippen LogP contribution in [0, 0.1) is 0 Å². The molecule has 0 fully saturated rings. The topological polar surface area (TPSA) is 32.3 Å². The molecule has 0 spiro atoms. The zero-order valence-corrected chi connectivity index (χ0v) is 12.0. The summed E-state index contributed by atoms with van der Waals surface area (Å²) in [6.45, 7) is 1.51. The first kappa shape index (κ1) is 15.5. The van der Waals surface area contributed by atoms with Gasteiger partial charge in [-0.2, -0.15) is 0 Å². The van der Waals surface area contributed by atoms with Crippen molar-refractivity contribution in [2.75, 3.05) is 27.2 Å². The molecule has 0 aliphatic rings. The second-order valence-electron chi connectivity index (χ2n) is 4.59. The lowest BCUT2D eigenvalue weighted by molar-refractivity contribution is 0.0952. The van der Waals surface area contributed by atoms with Crippen LogP contribution >= 0.6 is 12.4 Å². The highest BCUT2D eigenvalue weighted by Gasteiger charge is 2.08. The Labute approximate surface area is 120 Å². The van der Waals surface area contributed by atoms with Gasteiger partial charge in [-0.3, -0.25) is 4.79 Å². The number of halogens is 1. The third kappa shape index (κ3) is 3.94. The molecule has 1 amide bonds. The van der Waals surface area contributed by atoms with Crippen LogP contribution in [-0.2, 0) is 0 Å². The quantitative estimate of drug-likeness (QED) is 0.932. The highest BCUT2D eigenvalue weighted by molar-refractivity contribution is 6.06. The molecule has 0 aromatic heterocycles. The number of likely N-dealkylation sites (N-methyl/N-ethyl adjacent to an activating group) is 1. The number of rotatable bonds is 4. The number of benzene rings is 2. The summed E-state index contributed by atoms with van der Waals surface area (Å²) < 4.78 is 0. The van der Waals surface area contributed by atoms with Crippen LogP contribution in [0.3, 0.4) is 0 Å². The van der Waals surface area contributed by atoms with Crippen LogP contribution in [0.1, 0.15) is 10.4 Å². The van der Waals surface area contributed by atoms with Gasteiger partial charge in [0.15, 0.2) is 0 Å². The van der Waals surface area contributed by atoms with Crippen molar-refractivity contribution in [3.05, 3.63) is 48.0 Å². The summed E-state index contributed by atoms with van der Waals surface area (Å²) in [6, 6.07) is 13.7. The van der Waals surface area contributed by atoms with E-state index in [-0.39, 0.29) is 18.3 Å². The molecular weight excluding hydrogens is 260 g/mol. The van der Waals surface area contributed by atoms with Crippen molar-refractivity contribution in [2.24, 2.45) is 0 Å². The summed E-state index contributed by atoms with van der Waals surface area (Å²) in [5.74, 6) is -0.00588. The summed E-state index contributed by atoms with van der Waals surface area (Å²) in [5.41, 5.74) is 0.742. The van der Waals surface area contributed by atoms with Gasteiger partial charge < -0.3 is 10.2 Å². The van der Waals surface area contributed by atoms with Crippen molar-refractivity contribution in [2.45, 2.75) is 0 Å². The lowest BCUT2D eigenvalue weighted by Crippen LogP contribution is -2.31. The summed E-state index contributed by atoms with van der Waals surface area (Å²) in [4.78, 5) is 14.2. The van der Waals surface area contributed by atoms with Crippen LogP contribution in [0.4, 0.5) is 0 Å². The Morgan fingerprint density at radius 1 is 1.11 bits per heavy atom. The number of hydrogen-bond acceptors (Lipinski definition) is 2. The molecule has 1 N–H and O–H groups in total. The molecule has 0 heterocycles. The number of fused-ring (bicyclic) bond motifs is 1. The SMILES string of the molecule is CN(C)CCNC(=O)c1cccc2ccccc12.Cl. The molecule has 2 aromatic carbocycles. The fraction of sp³-hybridized carbons (Fsp3) is 0.267. The standard InChI is InChI=1S/C15H18N2O.ClH/c1-17(2)11-10-16-15(18)14-9-5-7-12-6-3-4-8-13(12)14;/h3-9H,10-11H2,1-2H3,(H,16,18);1H. The minimum Gasteiger partial charge on any atom is -0.351 e. The summed E-state index contributed by atoms with van der Waals surface area (Å²) >= 11 is 0. The lowest BCUT2D eigenvalue weighted by Gasteiger charge is -2.11. The molecule has 0 radical (unpaired) electrons. The van der Waals surface area contributed by atoms with Gasteiger partial charge in [-0.1, -0.05) is 36.4 Å². The zero-order chi connectivity index (χ0) is 13.0. The van der Waals surface area contributed by atoms with Crippen molar-refractivity contribution < 1.29 is 4.79 Å². The predicted molar refractivity (Wildman–Crippen MR) is 82.1 cm³/mol. The molecule has 0 saturated heterocycles. The second-order valence-corrected chi connectivity index (χ2v) is 4.59. The van der Waals surface area contributed by atoms with Gasteiger partial charge in [0.1, 0.15) is 0 Å². The maximum atomic E-state index is 12.1. The number of hydrogen-bond donors (Lipinski definition) is 1. The molecule has 102 valence electrons. The van der Waals surface area contributed by atoms with Crippen molar-refractivity contribution >= 4 is 29.1 Å². The molecular formula is C15H19ClN2O. The summed E-state index contributed by atoms with van der Waals surface area (Å²) in [6.07, 6.45) is 0. The minimum absolute atomic E-state index is 0. The molecule has 0 aliphatic heterocycles. The molecule has 19 heavy (non-hydrogen) atoms. The average Bonchev–Trinajstić information content (AvgIpc) is 2.37. The monoisotopic (exact) mass is 278 g/mol. The maximum absolute atomic E-state index is 12.1. The van der Waals surface area contributed by atoms with Gasteiger partial charge in [0.2, 0.25) is 0 Å². The second kappa shape index (κ2) is 7.12. The molecule has 4 heteroatoms. The van der Waals surface area contributed by atoms with Crippen LogP contribution in [-0.4, -0.2) is 38.0 Å². The van der Waals surface area contributed by atoms with Gasteiger partial charge in [-0.05, 0) is 30.9 Å². The van der Waals surface area contributed by atoms with Crippen molar-refractivity contribution in [1.29, 1.82) is 0 Å². The fourth-order valence-corrected chi connectivity index (χ4v) is 1.91. The van der Waals surface area contributed by atoms with E-state index >= 15 is 0 Å². The molecule has 2 aromatic rings. The third-order valence-electron chi connectivity index (χ3n) is 2.88. The average molecular weight is 279 g/mol. The van der Waals surface area contributed by atoms with Crippen molar-refractivity contribution in [3.8, 4) is 0 Å². The van der Waals surface area contributed by atoms with Crippen molar-refractivity contribution in [3.63, 3.8) is 0 Å². The molecule has 0 unspecified atom stereocenters. The normalized spacial score (nSPS) is 10.3. The first-order valence-electron chi connectivity index (χ1n) is 6.09. The van der Waals surface area contributed by atoms with E-state index in [9.17, 15) is 4.79 Å². The van der Waals surface area contributed by atoms with E-state index in [4.69, 9.17) is 0 Å². The molecule has 0 atom stereocenters. The van der Waals surface area contributed by atoms with Crippen LogP contribution in [0.25, 0.3) is 10.8 Å². The zero-order valence-electron chi connectivity index (χ0n) is 11.2. The van der Waals surface area contributed by atoms with Crippen LogP contribution in [0.2, 0.25) is 0 Å². The van der Waals surface area contributed by atoms with Gasteiger partial charge in [0.25, 0.3) is 5.91 Å². The van der Waals surface area contributed by atoms with Crippen LogP contribution < -0.4 is 5.32 Å². The first-order chi connectivity index (χ1) is 8.68. The molecule has 2 rings (SSSR count). The highest BCUT2D eigenvalue weighted by Crippen LogP contribution is 2.18. The first-order valence-corrected chi connectivity index (χ1v) is 6.09. The highest BCUT2D eigenvalue weighted by atomic mass is 35.5. The smallest absolute Gasteiger partial charge is 0.251 e. The van der Waals surface area contributed by atoms with Gasteiger partial charge in [0.05, 0.1) is 0 Å². The Morgan fingerprint density at radius 2 is 1.79 bits per heavy atom. The molecule has 0 saturated carbocycles. The van der Waals surface area contributed by atoms with Crippen LogP contribution in [0.5, 0.6) is 0 Å². The number of amides is 1. The third-order valence-corrected chi connectivity index (χ3v) is 2.88. The van der Waals surface area contributed by atoms with Crippen molar-refractivity contribution in [1.82, 2.24) is 10.2 Å². The van der Waals surface area contributed by atoms with E-state index in [0.717, 1.165) is 22.9 Å². The van der Waals surface area contributed by atoms with Gasteiger partial charge >= 0.3 is 0 Å². The number of carbonyl (C=O) groups excluding carboxylic acids is 1. The van der Waals surface area contributed by atoms with E-state index in [0.29, 0.717) is 6.54 Å². The lowest BCUT2D eigenvalue weighted by atomic mass is 10.0. The van der Waals surface area contributed by atoms with Gasteiger partial charge in [-0.25, -0.2) is 0 Å². The van der Waals surface area contributed by atoms with E-state index < -0.39 is 0 Å². The van der Waals surface area contributed by atoms with Gasteiger partial charge in [0, 0.05) is 18.7 Å². The van der Waals surface area contributed by atoms with Crippen LogP contribution in [0.15, 0.2) is 42.5 Å². The number of nitrogens with one attached hydrogen (secondary N) is 1. The maximum Gasteiger partial charge on any atom is 0.251 e. The Bertz CT molecular complexity index is 549. The Morgan fingerprint density at radius 3 is 2.53 bits per heavy atom. The summed E-state index contributed by atoms with van der Waals surface area (Å²) in [5, 5.41) is 5.04. The van der Waals surface area contributed by atoms with E-state index in [2.05, 4.69) is 5.32 Å². The summed E-state index contributed by atoms with van der Waals surface area (Å²) in [7, 11) is 3.98. The molecule has 0 bridgehead atoms. The molecule has 3 nitrogen and oxygen atoms in total. The Hall–Kier alpha value is -1.58. The molecule has 0 aliphatic carbocycles. The number of carbonyl (C=O) groups is 1. The fourth-order valence-electron chi connectivity index (χ4n) is 1.91. The Balaban J connectivity index is 0.00000180. The predicted octanol–water partition coefficient (Wildman–Crippen LogP) is 2.55. The largest absolute Gasteiger partial charge is 0.351 e. The minimum atomic E-state index is -0.00588. The number of nitrogens with zero attached hydrogens (tertiary/aromatic N) is 1. The van der Waals surface area contributed by atoms with E-state index in [1.54, 1.807) is 0 Å². The van der Waals surface area contributed by atoms with Gasteiger partial charge in [-0.15, -0.1) is 12.4 Å². The van der Waals surface area contributed by atoms with E-state index in [1.807, 2.05) is 61.5 Å².